The largest absolute Gasteiger partial charge is 0.469 e. The molecule has 40 heavy (non-hydrogen) atoms. The summed E-state index contributed by atoms with van der Waals surface area (Å²) in [7, 11) is -4.67. The summed E-state index contributed by atoms with van der Waals surface area (Å²) < 4.78 is 15.8. The topological polar surface area (TPSA) is 116 Å². The lowest BCUT2D eigenvalue weighted by molar-refractivity contribution is -0.123. The number of rotatable bonds is 31. The summed E-state index contributed by atoms with van der Waals surface area (Å²) in [5.74, 6) is -0.198. The van der Waals surface area contributed by atoms with E-state index in [2.05, 4.69) is 23.7 Å². The number of amides is 1. The highest BCUT2D eigenvalue weighted by Crippen LogP contribution is 2.36. The Kier molecular flexibility index (Phi) is 28.3. The average Bonchev–Trinajstić information content (AvgIpc) is 2.91. The average molecular weight is 592 g/mol. The minimum Gasteiger partial charge on any atom is -0.391 e. The molecule has 8 heteroatoms. The highest BCUT2D eigenvalue weighted by Gasteiger charge is 2.25. The van der Waals surface area contributed by atoms with Gasteiger partial charge in [0.25, 0.3) is 0 Å². The van der Waals surface area contributed by atoms with Gasteiger partial charge in [-0.25, -0.2) is 4.57 Å². The van der Waals surface area contributed by atoms with Crippen LogP contribution < -0.4 is 5.32 Å². The van der Waals surface area contributed by atoms with E-state index in [0.717, 1.165) is 38.5 Å². The van der Waals surface area contributed by atoms with Crippen molar-refractivity contribution >= 4 is 13.7 Å². The number of phosphoric ester groups is 1. The zero-order valence-electron chi connectivity index (χ0n) is 26.3. The van der Waals surface area contributed by atoms with Crippen molar-refractivity contribution in [1.82, 2.24) is 5.32 Å². The molecule has 0 aromatic carbocycles. The standard InChI is InChI=1S/C32H66NO6P/c1-3-5-7-9-11-13-14-15-16-17-18-19-20-21-23-25-27-31(34)30(29-39-40(36,37)38)33-32(35)28-26-24-22-12-10-8-6-4-2/h30-31,34H,3-29H2,1-2H3,(H,33,35)(H2,36,37,38)/t30-,31+/m0/s1. The van der Waals surface area contributed by atoms with Crippen molar-refractivity contribution in [1.29, 1.82) is 0 Å². The van der Waals surface area contributed by atoms with E-state index < -0.39 is 26.6 Å². The predicted molar refractivity (Wildman–Crippen MR) is 167 cm³/mol. The van der Waals surface area contributed by atoms with E-state index >= 15 is 0 Å². The number of carbonyl (C=O) groups is 1. The normalized spacial score (nSPS) is 13.4. The Labute approximate surface area is 247 Å². The zero-order chi connectivity index (χ0) is 29.7. The summed E-state index contributed by atoms with van der Waals surface area (Å²) >= 11 is 0. The van der Waals surface area contributed by atoms with Gasteiger partial charge < -0.3 is 20.2 Å². The Morgan fingerprint density at radius 3 is 1.35 bits per heavy atom. The summed E-state index contributed by atoms with van der Waals surface area (Å²) in [6.07, 6.45) is 29.5. The molecule has 0 fully saturated rings. The predicted octanol–water partition coefficient (Wildman–Crippen LogP) is 9.12. The molecule has 0 bridgehead atoms. The van der Waals surface area contributed by atoms with Gasteiger partial charge in [0.15, 0.2) is 0 Å². The number of unbranched alkanes of at least 4 members (excludes halogenated alkanes) is 22. The molecule has 0 radical (unpaired) electrons. The molecule has 0 unspecified atom stereocenters. The van der Waals surface area contributed by atoms with Crippen LogP contribution in [0.5, 0.6) is 0 Å². The van der Waals surface area contributed by atoms with E-state index in [4.69, 9.17) is 9.79 Å². The SMILES string of the molecule is CCCCCCCCCCCCCCCCCC[C@@H](O)[C@H](COP(=O)(O)O)NC(=O)CCCCCCCCCC. The number of hydrogen-bond donors (Lipinski definition) is 4. The molecule has 0 heterocycles. The van der Waals surface area contributed by atoms with E-state index in [-0.39, 0.29) is 5.91 Å². The lowest BCUT2D eigenvalue weighted by Gasteiger charge is -2.24. The molecule has 4 N–H and O–H groups in total. The summed E-state index contributed by atoms with van der Waals surface area (Å²) in [6, 6.07) is -0.814. The third kappa shape index (κ3) is 29.0. The first-order valence-electron chi connectivity index (χ1n) is 17.0. The van der Waals surface area contributed by atoms with Crippen molar-refractivity contribution < 1.29 is 28.8 Å². The maximum absolute atomic E-state index is 12.4. The highest BCUT2D eigenvalue weighted by atomic mass is 31.2. The lowest BCUT2D eigenvalue weighted by atomic mass is 10.0. The Morgan fingerprint density at radius 2 is 0.975 bits per heavy atom. The first-order chi connectivity index (χ1) is 19.3. The van der Waals surface area contributed by atoms with Crippen LogP contribution in [-0.2, 0) is 13.9 Å². The second-order valence-corrected chi connectivity index (χ2v) is 13.1. The van der Waals surface area contributed by atoms with Gasteiger partial charge in [-0.1, -0.05) is 162 Å². The molecule has 0 aliphatic carbocycles. The Bertz CT molecular complexity index is 600. The van der Waals surface area contributed by atoms with Gasteiger partial charge in [-0.15, -0.1) is 0 Å². The second kappa shape index (κ2) is 28.6. The number of aliphatic hydroxyl groups excluding tert-OH is 1. The van der Waals surface area contributed by atoms with Crippen molar-refractivity contribution in [3.8, 4) is 0 Å². The third-order valence-electron chi connectivity index (χ3n) is 7.84. The minimum absolute atomic E-state index is 0.198. The van der Waals surface area contributed by atoms with Gasteiger partial charge in [-0.05, 0) is 12.8 Å². The van der Waals surface area contributed by atoms with Crippen LogP contribution in [-0.4, -0.2) is 39.6 Å². The van der Waals surface area contributed by atoms with E-state index in [1.807, 2.05) is 0 Å². The smallest absolute Gasteiger partial charge is 0.391 e. The van der Waals surface area contributed by atoms with Gasteiger partial charge in [-0.3, -0.25) is 9.32 Å². The molecular formula is C32H66NO6P. The number of carbonyl (C=O) groups excluding carboxylic acids is 1. The maximum atomic E-state index is 12.4. The van der Waals surface area contributed by atoms with Crippen LogP contribution in [0.25, 0.3) is 0 Å². The monoisotopic (exact) mass is 591 g/mol. The van der Waals surface area contributed by atoms with E-state index in [9.17, 15) is 14.5 Å². The fraction of sp³-hybridized carbons (Fsp3) is 0.969. The Balaban J connectivity index is 3.95. The van der Waals surface area contributed by atoms with Crippen LogP contribution in [0.3, 0.4) is 0 Å². The number of aliphatic hydroxyl groups is 1. The van der Waals surface area contributed by atoms with E-state index in [0.29, 0.717) is 12.8 Å². The van der Waals surface area contributed by atoms with E-state index in [1.54, 1.807) is 0 Å². The number of nitrogens with one attached hydrogen (secondary N) is 1. The molecular weight excluding hydrogens is 525 g/mol. The molecule has 0 aliphatic rings. The molecule has 1 amide bonds. The van der Waals surface area contributed by atoms with Crippen LogP contribution in [0, 0.1) is 0 Å². The lowest BCUT2D eigenvalue weighted by Crippen LogP contribution is -2.46. The first kappa shape index (κ1) is 39.5. The van der Waals surface area contributed by atoms with Crippen molar-refractivity contribution in [2.24, 2.45) is 0 Å². The van der Waals surface area contributed by atoms with Gasteiger partial charge in [0, 0.05) is 6.42 Å². The summed E-state index contributed by atoms with van der Waals surface area (Å²) in [5, 5.41) is 13.4. The molecule has 0 aliphatic heterocycles. The fourth-order valence-electron chi connectivity index (χ4n) is 5.23. The van der Waals surface area contributed by atoms with Gasteiger partial charge in [0.1, 0.15) is 0 Å². The van der Waals surface area contributed by atoms with Gasteiger partial charge in [0.05, 0.1) is 18.8 Å². The summed E-state index contributed by atoms with van der Waals surface area (Å²) in [6.45, 7) is 4.07. The molecule has 0 aromatic rings. The first-order valence-corrected chi connectivity index (χ1v) is 18.5. The summed E-state index contributed by atoms with van der Waals surface area (Å²) in [4.78, 5) is 30.6. The van der Waals surface area contributed by atoms with Crippen molar-refractivity contribution in [3.05, 3.63) is 0 Å². The summed E-state index contributed by atoms with van der Waals surface area (Å²) in [5.41, 5.74) is 0. The van der Waals surface area contributed by atoms with Crippen molar-refractivity contribution in [3.63, 3.8) is 0 Å². The molecule has 240 valence electrons. The molecule has 2 atom stereocenters. The molecule has 0 spiro atoms. The third-order valence-corrected chi connectivity index (χ3v) is 8.33. The second-order valence-electron chi connectivity index (χ2n) is 11.8. The van der Waals surface area contributed by atoms with Gasteiger partial charge in [-0.2, -0.15) is 0 Å². The number of hydrogen-bond acceptors (Lipinski definition) is 4. The van der Waals surface area contributed by atoms with Crippen LogP contribution >= 0.6 is 7.82 Å². The quantitative estimate of drug-likeness (QED) is 0.0472. The van der Waals surface area contributed by atoms with Gasteiger partial charge >= 0.3 is 7.82 Å². The zero-order valence-corrected chi connectivity index (χ0v) is 27.2. The minimum atomic E-state index is -4.67. The molecule has 0 saturated carbocycles. The molecule has 0 rings (SSSR count). The van der Waals surface area contributed by atoms with Crippen LogP contribution in [0.1, 0.15) is 181 Å². The molecule has 0 saturated heterocycles. The van der Waals surface area contributed by atoms with E-state index in [1.165, 1.54) is 116 Å². The molecule has 0 aromatic heterocycles. The maximum Gasteiger partial charge on any atom is 0.469 e. The van der Waals surface area contributed by atoms with Crippen LogP contribution in [0.4, 0.5) is 0 Å². The van der Waals surface area contributed by atoms with Crippen molar-refractivity contribution in [2.45, 2.75) is 193 Å². The highest BCUT2D eigenvalue weighted by molar-refractivity contribution is 7.46. The van der Waals surface area contributed by atoms with Crippen molar-refractivity contribution in [2.75, 3.05) is 6.61 Å². The number of phosphoric acid groups is 1. The van der Waals surface area contributed by atoms with Crippen LogP contribution in [0.15, 0.2) is 0 Å². The van der Waals surface area contributed by atoms with Gasteiger partial charge in [0.2, 0.25) is 5.91 Å². The fourth-order valence-corrected chi connectivity index (χ4v) is 5.58. The molecule has 7 nitrogen and oxygen atoms in total. The Hall–Kier alpha value is -0.460. The van der Waals surface area contributed by atoms with Crippen LogP contribution in [0.2, 0.25) is 0 Å². The Morgan fingerprint density at radius 1 is 0.625 bits per heavy atom.